The Morgan fingerprint density at radius 3 is 2.91 bits per heavy atom. The summed E-state index contributed by atoms with van der Waals surface area (Å²) in [5, 5.41) is 0.921. The van der Waals surface area contributed by atoms with Crippen molar-refractivity contribution >= 4 is 38.7 Å². The normalized spacial score (nSPS) is 13.0. The van der Waals surface area contributed by atoms with Crippen molar-refractivity contribution < 1.29 is 9.47 Å². The molecule has 0 unspecified atom stereocenters. The van der Waals surface area contributed by atoms with Crippen LogP contribution >= 0.6 is 27.7 Å². The van der Waals surface area contributed by atoms with Crippen LogP contribution in [0.4, 0.5) is 0 Å². The molecule has 1 aromatic heterocycles. The van der Waals surface area contributed by atoms with Gasteiger partial charge in [-0.15, -0.1) is 0 Å². The zero-order valence-corrected chi connectivity index (χ0v) is 14.3. The van der Waals surface area contributed by atoms with Crippen molar-refractivity contribution in [2.45, 2.75) is 17.8 Å². The predicted octanol–water partition coefficient (Wildman–Crippen LogP) is 4.65. The lowest BCUT2D eigenvalue weighted by Gasteiger charge is -2.05. The molecule has 1 aliphatic heterocycles. The minimum Gasteiger partial charge on any atom is -0.454 e. The second-order valence-corrected chi connectivity index (χ2v) is 6.97. The highest BCUT2D eigenvalue weighted by atomic mass is 79.9. The van der Waals surface area contributed by atoms with Gasteiger partial charge in [0, 0.05) is 10.2 Å². The van der Waals surface area contributed by atoms with Crippen LogP contribution in [-0.2, 0) is 5.75 Å². The first-order valence-electron chi connectivity index (χ1n) is 6.86. The number of thioether (sulfide) groups is 1. The third-order valence-corrected chi connectivity index (χ3v) is 5.18. The summed E-state index contributed by atoms with van der Waals surface area (Å²) in [5.74, 6) is 2.40. The van der Waals surface area contributed by atoms with Crippen LogP contribution in [0.2, 0.25) is 0 Å². The van der Waals surface area contributed by atoms with E-state index in [-0.39, 0.29) is 0 Å². The molecule has 0 fully saturated rings. The van der Waals surface area contributed by atoms with Gasteiger partial charge in [-0.25, -0.2) is 4.98 Å². The Labute approximate surface area is 140 Å². The Morgan fingerprint density at radius 1 is 1.23 bits per heavy atom. The smallest absolute Gasteiger partial charge is 0.231 e. The van der Waals surface area contributed by atoms with Gasteiger partial charge in [-0.1, -0.05) is 33.8 Å². The fourth-order valence-corrected chi connectivity index (χ4v) is 3.91. The molecule has 2 aromatic carbocycles. The molecule has 0 bridgehead atoms. The number of rotatable bonds is 3. The van der Waals surface area contributed by atoms with Gasteiger partial charge in [0.1, 0.15) is 0 Å². The van der Waals surface area contributed by atoms with Gasteiger partial charge in [-0.05, 0) is 42.3 Å². The molecule has 0 aliphatic carbocycles. The number of ether oxygens (including phenoxy) is 2. The second-order valence-electron chi connectivity index (χ2n) is 5.15. The van der Waals surface area contributed by atoms with E-state index in [4.69, 9.17) is 9.47 Å². The third-order valence-electron chi connectivity index (χ3n) is 3.52. The quantitative estimate of drug-likeness (QED) is 0.675. The van der Waals surface area contributed by atoms with Crippen LogP contribution in [0.15, 0.2) is 40.0 Å². The number of benzene rings is 2. The maximum atomic E-state index is 5.43. The summed E-state index contributed by atoms with van der Waals surface area (Å²) in [6.07, 6.45) is 0. The van der Waals surface area contributed by atoms with Gasteiger partial charge in [0.25, 0.3) is 0 Å². The molecule has 0 amide bonds. The summed E-state index contributed by atoms with van der Waals surface area (Å²) in [7, 11) is 0. The van der Waals surface area contributed by atoms with Crippen molar-refractivity contribution in [3.05, 3.63) is 45.9 Å². The molecule has 1 N–H and O–H groups in total. The van der Waals surface area contributed by atoms with E-state index < -0.39 is 0 Å². The molecule has 1 aliphatic rings. The van der Waals surface area contributed by atoms with E-state index in [1.807, 2.05) is 18.2 Å². The fraction of sp³-hybridized carbons (Fsp3) is 0.188. The molecule has 0 saturated carbocycles. The largest absolute Gasteiger partial charge is 0.454 e. The van der Waals surface area contributed by atoms with Gasteiger partial charge in [0.05, 0.1) is 11.0 Å². The lowest BCUT2D eigenvalue weighted by Crippen LogP contribution is -1.92. The molecular formula is C16H13BrN2O2S. The Morgan fingerprint density at radius 2 is 2.05 bits per heavy atom. The van der Waals surface area contributed by atoms with Crippen molar-refractivity contribution in [1.29, 1.82) is 0 Å². The number of H-pyrrole nitrogens is 1. The minimum absolute atomic E-state index is 0.293. The number of nitrogens with zero attached hydrogens (tertiary/aromatic N) is 1. The number of halogens is 1. The highest BCUT2D eigenvalue weighted by molar-refractivity contribution is 9.10. The first kappa shape index (κ1) is 14.0. The highest BCUT2D eigenvalue weighted by Gasteiger charge is 2.16. The fourth-order valence-electron chi connectivity index (χ4n) is 2.38. The SMILES string of the molecule is Cc1ccc2nc(SCc3cc4c(cc3Br)OCO4)[nH]c2c1. The van der Waals surface area contributed by atoms with Gasteiger partial charge in [-0.2, -0.15) is 0 Å². The molecule has 22 heavy (non-hydrogen) atoms. The van der Waals surface area contributed by atoms with E-state index in [1.165, 1.54) is 5.56 Å². The standard InChI is InChI=1S/C16H13BrN2O2S/c1-9-2-3-12-13(4-9)19-16(18-12)22-7-10-5-14-15(6-11(10)17)21-8-20-14/h2-6H,7-8H2,1H3,(H,18,19). The number of aromatic nitrogens is 2. The van der Waals surface area contributed by atoms with Crippen LogP contribution in [0.1, 0.15) is 11.1 Å². The average Bonchev–Trinajstić information content (AvgIpc) is 3.09. The number of hydrogen-bond donors (Lipinski definition) is 1. The number of nitrogens with one attached hydrogen (secondary N) is 1. The van der Waals surface area contributed by atoms with E-state index in [9.17, 15) is 0 Å². The summed E-state index contributed by atoms with van der Waals surface area (Å²) in [4.78, 5) is 7.97. The van der Waals surface area contributed by atoms with E-state index >= 15 is 0 Å². The lowest BCUT2D eigenvalue weighted by molar-refractivity contribution is 0.174. The second kappa shape index (κ2) is 5.52. The van der Waals surface area contributed by atoms with Crippen LogP contribution in [-0.4, -0.2) is 16.8 Å². The third kappa shape index (κ3) is 2.57. The van der Waals surface area contributed by atoms with Crippen molar-refractivity contribution in [2.75, 3.05) is 6.79 Å². The zero-order chi connectivity index (χ0) is 15.1. The molecule has 0 spiro atoms. The molecule has 4 nitrogen and oxygen atoms in total. The zero-order valence-electron chi connectivity index (χ0n) is 11.9. The van der Waals surface area contributed by atoms with Gasteiger partial charge >= 0.3 is 0 Å². The first-order valence-corrected chi connectivity index (χ1v) is 8.64. The Hall–Kier alpha value is -1.66. The van der Waals surface area contributed by atoms with Crippen LogP contribution < -0.4 is 9.47 Å². The maximum Gasteiger partial charge on any atom is 0.231 e. The van der Waals surface area contributed by atoms with Gasteiger partial charge in [-0.3, -0.25) is 0 Å². The van der Waals surface area contributed by atoms with Crippen LogP contribution in [0.25, 0.3) is 11.0 Å². The Kier molecular flexibility index (Phi) is 3.50. The van der Waals surface area contributed by atoms with Gasteiger partial charge in [0.15, 0.2) is 16.7 Å². The molecule has 4 rings (SSSR count). The molecule has 3 aromatic rings. The number of hydrogen-bond acceptors (Lipinski definition) is 4. The summed E-state index contributed by atoms with van der Waals surface area (Å²) >= 11 is 5.26. The molecule has 6 heteroatoms. The van der Waals surface area contributed by atoms with Gasteiger partial charge in [0.2, 0.25) is 6.79 Å². The Bertz CT molecular complexity index is 863. The predicted molar refractivity (Wildman–Crippen MR) is 90.7 cm³/mol. The summed E-state index contributed by atoms with van der Waals surface area (Å²) < 4.78 is 11.8. The van der Waals surface area contributed by atoms with Crippen molar-refractivity contribution in [3.8, 4) is 11.5 Å². The van der Waals surface area contributed by atoms with E-state index in [0.29, 0.717) is 6.79 Å². The average molecular weight is 377 g/mol. The minimum atomic E-state index is 0.293. The van der Waals surface area contributed by atoms with Crippen molar-refractivity contribution in [1.82, 2.24) is 9.97 Å². The number of imidazole rings is 1. The van der Waals surface area contributed by atoms with Crippen molar-refractivity contribution in [3.63, 3.8) is 0 Å². The van der Waals surface area contributed by atoms with E-state index in [0.717, 1.165) is 43.5 Å². The van der Waals surface area contributed by atoms with Crippen LogP contribution in [0.3, 0.4) is 0 Å². The topological polar surface area (TPSA) is 47.1 Å². The number of aryl methyl sites for hydroxylation is 1. The molecule has 112 valence electrons. The maximum absolute atomic E-state index is 5.43. The first-order chi connectivity index (χ1) is 10.7. The lowest BCUT2D eigenvalue weighted by atomic mass is 10.2. The number of fused-ring (bicyclic) bond motifs is 2. The highest BCUT2D eigenvalue weighted by Crippen LogP contribution is 2.38. The van der Waals surface area contributed by atoms with Crippen LogP contribution in [0, 0.1) is 6.92 Å². The summed E-state index contributed by atoms with van der Waals surface area (Å²) in [5.41, 5.74) is 4.46. The molecule has 0 radical (unpaired) electrons. The summed E-state index contributed by atoms with van der Waals surface area (Å²) in [6, 6.07) is 10.2. The summed E-state index contributed by atoms with van der Waals surface area (Å²) in [6.45, 7) is 2.37. The monoisotopic (exact) mass is 376 g/mol. The molecule has 0 saturated heterocycles. The van der Waals surface area contributed by atoms with E-state index in [2.05, 4.69) is 45.0 Å². The van der Waals surface area contributed by atoms with E-state index in [1.54, 1.807) is 11.8 Å². The number of aromatic amines is 1. The molecule has 0 atom stereocenters. The Balaban J connectivity index is 1.56. The van der Waals surface area contributed by atoms with Gasteiger partial charge < -0.3 is 14.5 Å². The van der Waals surface area contributed by atoms with Crippen molar-refractivity contribution in [2.24, 2.45) is 0 Å². The molecule has 2 heterocycles. The molecular weight excluding hydrogens is 364 g/mol. The van der Waals surface area contributed by atoms with Crippen LogP contribution in [0.5, 0.6) is 11.5 Å².